The number of ether oxygens (including phenoxy) is 1. The summed E-state index contributed by atoms with van der Waals surface area (Å²) in [5.41, 5.74) is 9.30. The van der Waals surface area contributed by atoms with Gasteiger partial charge in [0.05, 0.1) is 6.10 Å². The minimum atomic E-state index is 0.241. The van der Waals surface area contributed by atoms with Gasteiger partial charge >= 0.3 is 0 Å². The molecule has 0 spiro atoms. The average molecular weight is 221 g/mol. The second-order valence-corrected chi connectivity index (χ2v) is 4.45. The maximum atomic E-state index is 6.04. The zero-order chi connectivity index (χ0) is 12.1. The van der Waals surface area contributed by atoms with Crippen LogP contribution in [0.3, 0.4) is 0 Å². The minimum Gasteiger partial charge on any atom is -0.490 e. The van der Waals surface area contributed by atoms with Crippen molar-refractivity contribution in [2.24, 2.45) is 5.73 Å². The maximum Gasteiger partial charge on any atom is 0.125 e. The fourth-order valence-electron chi connectivity index (χ4n) is 2.05. The van der Waals surface area contributed by atoms with Crippen molar-refractivity contribution in [3.8, 4) is 5.75 Å². The number of hydrogen-bond donors (Lipinski definition) is 1. The fraction of sp³-hybridized carbons (Fsp3) is 0.571. The minimum absolute atomic E-state index is 0.241. The molecule has 1 aromatic rings. The van der Waals surface area contributed by atoms with E-state index in [1.807, 2.05) is 0 Å². The Morgan fingerprint density at radius 3 is 2.19 bits per heavy atom. The first kappa shape index (κ1) is 13.0. The van der Waals surface area contributed by atoms with E-state index in [-0.39, 0.29) is 6.10 Å². The number of benzene rings is 1. The Bertz CT molecular complexity index is 324. The van der Waals surface area contributed by atoms with Gasteiger partial charge in [-0.25, -0.2) is 0 Å². The van der Waals surface area contributed by atoms with E-state index in [2.05, 4.69) is 39.8 Å². The Balaban J connectivity index is 2.87. The SMILES string of the molecule is CCC(CCN)Oc1c(C)cc(C)cc1C. The molecule has 2 heteroatoms. The van der Waals surface area contributed by atoms with Crippen molar-refractivity contribution in [3.63, 3.8) is 0 Å². The highest BCUT2D eigenvalue weighted by atomic mass is 16.5. The first-order valence-corrected chi connectivity index (χ1v) is 6.03. The predicted octanol–water partition coefficient (Wildman–Crippen LogP) is 3.12. The zero-order valence-electron chi connectivity index (χ0n) is 10.8. The van der Waals surface area contributed by atoms with E-state index in [1.165, 1.54) is 16.7 Å². The molecule has 0 saturated carbocycles. The van der Waals surface area contributed by atoms with Crippen LogP contribution < -0.4 is 10.5 Å². The highest BCUT2D eigenvalue weighted by molar-refractivity contribution is 5.43. The molecular weight excluding hydrogens is 198 g/mol. The van der Waals surface area contributed by atoms with Gasteiger partial charge in [0, 0.05) is 0 Å². The molecule has 0 radical (unpaired) electrons. The third kappa shape index (κ3) is 3.24. The van der Waals surface area contributed by atoms with Crippen molar-refractivity contribution >= 4 is 0 Å². The molecule has 0 bridgehead atoms. The molecule has 1 rings (SSSR count). The largest absolute Gasteiger partial charge is 0.490 e. The standard InChI is InChI=1S/C14H23NO/c1-5-13(6-7-15)16-14-11(3)8-10(2)9-12(14)4/h8-9,13H,5-7,15H2,1-4H3. The Hall–Kier alpha value is -1.02. The number of rotatable bonds is 5. The lowest BCUT2D eigenvalue weighted by atomic mass is 10.1. The van der Waals surface area contributed by atoms with E-state index < -0.39 is 0 Å². The summed E-state index contributed by atoms with van der Waals surface area (Å²) in [5, 5.41) is 0. The van der Waals surface area contributed by atoms with Gasteiger partial charge in [-0.2, -0.15) is 0 Å². The Morgan fingerprint density at radius 1 is 1.19 bits per heavy atom. The molecule has 1 atom stereocenters. The van der Waals surface area contributed by atoms with E-state index >= 15 is 0 Å². The van der Waals surface area contributed by atoms with Crippen LogP contribution >= 0.6 is 0 Å². The van der Waals surface area contributed by atoms with Gasteiger partial charge in [0.25, 0.3) is 0 Å². The van der Waals surface area contributed by atoms with Crippen LogP contribution in [0, 0.1) is 20.8 Å². The van der Waals surface area contributed by atoms with Crippen molar-refractivity contribution in [2.45, 2.75) is 46.6 Å². The van der Waals surface area contributed by atoms with Gasteiger partial charge in [0.2, 0.25) is 0 Å². The molecule has 0 aliphatic heterocycles. The van der Waals surface area contributed by atoms with Crippen LogP contribution in [0.5, 0.6) is 5.75 Å². The van der Waals surface area contributed by atoms with E-state index in [1.54, 1.807) is 0 Å². The number of aryl methyl sites for hydroxylation is 3. The molecule has 2 N–H and O–H groups in total. The van der Waals surface area contributed by atoms with Crippen LogP contribution in [0.2, 0.25) is 0 Å². The summed E-state index contributed by atoms with van der Waals surface area (Å²) in [4.78, 5) is 0. The van der Waals surface area contributed by atoms with Crippen molar-refractivity contribution < 1.29 is 4.74 Å². The lowest BCUT2D eigenvalue weighted by molar-refractivity contribution is 0.187. The Morgan fingerprint density at radius 2 is 1.75 bits per heavy atom. The van der Waals surface area contributed by atoms with Crippen LogP contribution in [0.1, 0.15) is 36.5 Å². The van der Waals surface area contributed by atoms with E-state index in [9.17, 15) is 0 Å². The zero-order valence-corrected chi connectivity index (χ0v) is 10.8. The van der Waals surface area contributed by atoms with Gasteiger partial charge in [-0.3, -0.25) is 0 Å². The molecule has 1 aromatic carbocycles. The third-order valence-corrected chi connectivity index (χ3v) is 2.83. The van der Waals surface area contributed by atoms with Gasteiger partial charge < -0.3 is 10.5 Å². The van der Waals surface area contributed by atoms with Gasteiger partial charge in [-0.1, -0.05) is 24.6 Å². The van der Waals surface area contributed by atoms with Crippen molar-refractivity contribution in [1.82, 2.24) is 0 Å². The summed E-state index contributed by atoms with van der Waals surface area (Å²) in [5.74, 6) is 1.03. The first-order valence-electron chi connectivity index (χ1n) is 6.03. The maximum absolute atomic E-state index is 6.04. The first-order chi connectivity index (χ1) is 7.58. The third-order valence-electron chi connectivity index (χ3n) is 2.83. The number of hydrogen-bond acceptors (Lipinski definition) is 2. The molecule has 0 fully saturated rings. The Labute approximate surface area is 98.8 Å². The average Bonchev–Trinajstić information content (AvgIpc) is 2.21. The topological polar surface area (TPSA) is 35.2 Å². The Kier molecular flexibility index (Phi) is 4.81. The van der Waals surface area contributed by atoms with Gasteiger partial charge in [0.1, 0.15) is 5.75 Å². The van der Waals surface area contributed by atoms with Crippen LogP contribution in [-0.2, 0) is 0 Å². The molecule has 0 aliphatic rings. The molecule has 2 nitrogen and oxygen atoms in total. The van der Waals surface area contributed by atoms with E-state index in [4.69, 9.17) is 10.5 Å². The highest BCUT2D eigenvalue weighted by Gasteiger charge is 2.11. The molecule has 0 aliphatic carbocycles. The van der Waals surface area contributed by atoms with Crippen LogP contribution in [-0.4, -0.2) is 12.6 Å². The number of nitrogens with two attached hydrogens (primary N) is 1. The smallest absolute Gasteiger partial charge is 0.125 e. The molecule has 1 unspecified atom stereocenters. The molecule has 0 heterocycles. The summed E-state index contributed by atoms with van der Waals surface area (Å²) in [6.45, 7) is 9.14. The molecule has 0 saturated heterocycles. The lowest BCUT2D eigenvalue weighted by Crippen LogP contribution is -2.20. The summed E-state index contributed by atoms with van der Waals surface area (Å²) >= 11 is 0. The normalized spacial score (nSPS) is 12.6. The van der Waals surface area contributed by atoms with Crippen LogP contribution in [0.15, 0.2) is 12.1 Å². The van der Waals surface area contributed by atoms with Crippen LogP contribution in [0.4, 0.5) is 0 Å². The quantitative estimate of drug-likeness (QED) is 0.829. The molecular formula is C14H23NO. The van der Waals surface area contributed by atoms with Crippen molar-refractivity contribution in [2.75, 3.05) is 6.54 Å². The monoisotopic (exact) mass is 221 g/mol. The molecule has 16 heavy (non-hydrogen) atoms. The highest BCUT2D eigenvalue weighted by Crippen LogP contribution is 2.26. The summed E-state index contributed by atoms with van der Waals surface area (Å²) in [6, 6.07) is 4.33. The fourth-order valence-corrected chi connectivity index (χ4v) is 2.05. The van der Waals surface area contributed by atoms with Crippen LogP contribution in [0.25, 0.3) is 0 Å². The summed E-state index contributed by atoms with van der Waals surface area (Å²) < 4.78 is 6.04. The molecule has 0 aromatic heterocycles. The summed E-state index contributed by atoms with van der Waals surface area (Å²) in [7, 11) is 0. The molecule has 0 amide bonds. The van der Waals surface area contributed by atoms with Crippen molar-refractivity contribution in [1.29, 1.82) is 0 Å². The predicted molar refractivity (Wildman–Crippen MR) is 69.0 cm³/mol. The molecule has 90 valence electrons. The van der Waals surface area contributed by atoms with E-state index in [0.29, 0.717) is 6.54 Å². The van der Waals surface area contributed by atoms with Gasteiger partial charge in [-0.05, 0) is 51.3 Å². The second-order valence-electron chi connectivity index (χ2n) is 4.45. The summed E-state index contributed by atoms with van der Waals surface area (Å²) in [6.07, 6.45) is 2.16. The van der Waals surface area contributed by atoms with Gasteiger partial charge in [0.15, 0.2) is 0 Å². The lowest BCUT2D eigenvalue weighted by Gasteiger charge is -2.20. The van der Waals surface area contributed by atoms with Gasteiger partial charge in [-0.15, -0.1) is 0 Å². The van der Waals surface area contributed by atoms with E-state index in [0.717, 1.165) is 18.6 Å². The second kappa shape index (κ2) is 5.90. The van der Waals surface area contributed by atoms with Crippen molar-refractivity contribution in [3.05, 3.63) is 28.8 Å².